The molecule has 4 N–H and O–H groups in total. The van der Waals surface area contributed by atoms with Crippen molar-refractivity contribution in [2.75, 3.05) is 13.2 Å². The minimum absolute atomic E-state index is 0.128. The van der Waals surface area contributed by atoms with Crippen LogP contribution in [0.5, 0.6) is 0 Å². The van der Waals surface area contributed by atoms with Crippen LogP contribution in [0.2, 0.25) is 0 Å². The van der Waals surface area contributed by atoms with E-state index in [1.165, 1.54) is 33.6 Å². The Balaban J connectivity index is 0.000000843. The van der Waals surface area contributed by atoms with E-state index in [1.807, 2.05) is 40.0 Å². The number of hydrogen-bond donors (Lipinski definition) is 3. The fourth-order valence-corrected chi connectivity index (χ4v) is 4.10. The number of aldehydes is 1. The van der Waals surface area contributed by atoms with E-state index in [0.717, 1.165) is 29.9 Å². The van der Waals surface area contributed by atoms with Crippen molar-refractivity contribution in [3.05, 3.63) is 95.9 Å². The van der Waals surface area contributed by atoms with Crippen molar-refractivity contribution >= 4 is 35.6 Å². The molecule has 0 bridgehead atoms. The smallest absolute Gasteiger partial charge is 0.227 e. The maximum absolute atomic E-state index is 13.3. The predicted octanol–water partition coefficient (Wildman–Crippen LogP) is 6.83. The number of nitrogens with one attached hydrogen (secondary N) is 1. The number of amides is 2. The fourth-order valence-electron chi connectivity index (χ4n) is 4.10. The number of aliphatic hydroxyl groups is 1. The monoisotopic (exact) mass is 612 g/mol. The Labute approximate surface area is 259 Å². The van der Waals surface area contributed by atoms with E-state index in [1.54, 1.807) is 36.5 Å². The van der Waals surface area contributed by atoms with Crippen LogP contribution in [-0.4, -0.2) is 57.8 Å². The highest BCUT2D eigenvalue weighted by Crippen LogP contribution is 2.23. The quantitative estimate of drug-likeness (QED) is 0.146. The number of pyridine rings is 1. The number of carbonyl (C=O) groups excluding carboxylic acids is 3. The molecule has 0 spiro atoms. The Bertz CT molecular complexity index is 1290. The number of hydrogen-bond acceptors (Lipinski definition) is 5. The third kappa shape index (κ3) is 14.0. The molecule has 10 heteroatoms. The number of halogens is 2. The van der Waals surface area contributed by atoms with Gasteiger partial charge in [-0.15, -0.1) is 0 Å². The third-order valence-electron chi connectivity index (χ3n) is 6.10. The van der Waals surface area contributed by atoms with Gasteiger partial charge in [0.1, 0.15) is 12.1 Å². The number of rotatable bonds is 8. The number of aromatic nitrogens is 2. The van der Waals surface area contributed by atoms with Crippen LogP contribution in [0.1, 0.15) is 57.9 Å². The molecule has 0 saturated carbocycles. The van der Waals surface area contributed by atoms with Crippen molar-refractivity contribution in [1.82, 2.24) is 14.9 Å². The van der Waals surface area contributed by atoms with E-state index in [4.69, 9.17) is 9.90 Å². The van der Waals surface area contributed by atoms with Gasteiger partial charge in [-0.25, -0.2) is 4.39 Å². The molecule has 2 unspecified atom stereocenters. The lowest BCUT2D eigenvalue weighted by atomic mass is 10.1. The Hall–Kier alpha value is -4.60. The average Bonchev–Trinajstić information content (AvgIpc) is 3.70. The fraction of sp³-hybridized carbons (Fsp3) is 0.353. The van der Waals surface area contributed by atoms with Gasteiger partial charge in [-0.2, -0.15) is 0 Å². The van der Waals surface area contributed by atoms with Crippen LogP contribution in [0.4, 0.5) is 8.78 Å². The summed E-state index contributed by atoms with van der Waals surface area (Å²) in [6.07, 6.45) is 12.1. The second kappa shape index (κ2) is 23.9. The van der Waals surface area contributed by atoms with Gasteiger partial charge < -0.3 is 25.5 Å². The van der Waals surface area contributed by atoms with Crippen LogP contribution in [0, 0.1) is 5.92 Å². The number of H-pyrrole nitrogens is 1. The number of aromatic amines is 1. The number of fused-ring (bicyclic) bond motifs is 1. The summed E-state index contributed by atoms with van der Waals surface area (Å²) >= 11 is 0. The van der Waals surface area contributed by atoms with Gasteiger partial charge in [-0.3, -0.25) is 19.0 Å². The Morgan fingerprint density at radius 3 is 2.36 bits per heavy atom. The van der Waals surface area contributed by atoms with Crippen molar-refractivity contribution in [3.63, 3.8) is 0 Å². The number of nitrogens with zero attached hydrogens (tertiary/aromatic N) is 2. The summed E-state index contributed by atoms with van der Waals surface area (Å²) < 4.78 is 26.1. The van der Waals surface area contributed by atoms with Crippen LogP contribution in [0.25, 0.3) is 17.0 Å². The highest BCUT2D eigenvalue weighted by Gasteiger charge is 2.34. The second-order valence-corrected chi connectivity index (χ2v) is 8.90. The minimum Gasteiger partial charge on any atom is -0.516 e. The molecule has 8 nitrogen and oxygen atoms in total. The van der Waals surface area contributed by atoms with Crippen LogP contribution < -0.4 is 5.73 Å². The van der Waals surface area contributed by atoms with Crippen molar-refractivity contribution in [3.8, 4) is 0 Å². The van der Waals surface area contributed by atoms with Gasteiger partial charge in [0.25, 0.3) is 0 Å². The summed E-state index contributed by atoms with van der Waals surface area (Å²) in [7, 11) is 0. The van der Waals surface area contributed by atoms with Crippen LogP contribution in [0.15, 0.2) is 79.1 Å². The normalized spacial score (nSPS) is 15.6. The summed E-state index contributed by atoms with van der Waals surface area (Å²) in [5.74, 6) is -0.984. The first-order valence-corrected chi connectivity index (χ1v) is 14.7. The average molecular weight is 613 g/mol. The van der Waals surface area contributed by atoms with Gasteiger partial charge in [0.2, 0.25) is 12.3 Å². The first-order chi connectivity index (χ1) is 21.4. The van der Waals surface area contributed by atoms with Crippen molar-refractivity contribution in [2.24, 2.45) is 11.7 Å². The molecule has 3 aromatic rings. The number of likely N-dealkylation sites (tertiary alicyclic amines) is 1. The summed E-state index contributed by atoms with van der Waals surface area (Å²) in [5, 5.41) is 9.66. The lowest BCUT2D eigenvalue weighted by Crippen LogP contribution is -2.37. The SMILES string of the molecule is CC.CC.CCc1cc2cnccc2[nH]1.NC=O.O=CC1CC(CF)CN1C(=O)Cc1ccc(\C=C/C(F)=C\C=C\O)cc1. The van der Waals surface area contributed by atoms with Gasteiger partial charge in [-0.1, -0.05) is 65.0 Å². The molecule has 1 aliphatic rings. The molecule has 0 radical (unpaired) electrons. The van der Waals surface area contributed by atoms with Gasteiger partial charge in [0.15, 0.2) is 0 Å². The predicted molar refractivity (Wildman–Crippen MR) is 174 cm³/mol. The molecule has 240 valence electrons. The molecule has 2 aromatic heterocycles. The zero-order valence-electron chi connectivity index (χ0n) is 26.3. The molecule has 44 heavy (non-hydrogen) atoms. The Morgan fingerprint density at radius 2 is 1.82 bits per heavy atom. The molecular formula is C34H46F2N4O4. The summed E-state index contributed by atoms with van der Waals surface area (Å²) in [6.45, 7) is 9.87. The number of aliphatic hydroxyl groups excluding tert-OH is 1. The van der Waals surface area contributed by atoms with Gasteiger partial charge in [-0.05, 0) is 54.3 Å². The van der Waals surface area contributed by atoms with Gasteiger partial charge >= 0.3 is 0 Å². The first kappa shape index (κ1) is 39.4. The molecule has 1 fully saturated rings. The number of benzene rings is 1. The number of allylic oxidation sites excluding steroid dienone is 4. The molecule has 0 aliphatic carbocycles. The molecule has 4 rings (SSSR count). The molecule has 3 heterocycles. The first-order valence-electron chi connectivity index (χ1n) is 14.7. The van der Waals surface area contributed by atoms with E-state index in [2.05, 4.69) is 28.7 Å². The van der Waals surface area contributed by atoms with Crippen molar-refractivity contribution < 1.29 is 28.3 Å². The summed E-state index contributed by atoms with van der Waals surface area (Å²) in [5.41, 5.74) is 8.13. The van der Waals surface area contributed by atoms with Gasteiger partial charge in [0, 0.05) is 41.5 Å². The molecule has 1 saturated heterocycles. The Kier molecular flexibility index (Phi) is 21.4. The standard InChI is InChI=1S/C20H21F2NO3.C9H10N2.2C2H6.CH3NO/c21-12-17-10-19(14-25)23(13-17)20(26)11-16-5-3-15(4-6-16)7-8-18(22)2-1-9-24;1-2-8-5-7-6-10-4-3-9(7)11-8;2*1-2;2-1-3/h1-9,14,17,19,24H,10-13H2;3-6,11H,2H2,1H3;2*1-2H3;1H,(H2,2,3)/b8-7-,9-1+,18-2+;;;;. The summed E-state index contributed by atoms with van der Waals surface area (Å²) in [4.78, 5) is 40.9. The molecule has 1 aliphatic heterocycles. The maximum atomic E-state index is 13.3. The van der Waals surface area contributed by atoms with E-state index in [9.17, 15) is 18.4 Å². The highest BCUT2D eigenvalue weighted by atomic mass is 19.1. The molecule has 1 aromatic carbocycles. The largest absolute Gasteiger partial charge is 0.516 e. The van der Waals surface area contributed by atoms with E-state index in [0.29, 0.717) is 12.7 Å². The van der Waals surface area contributed by atoms with E-state index in [-0.39, 0.29) is 31.2 Å². The van der Waals surface area contributed by atoms with Crippen molar-refractivity contribution in [1.29, 1.82) is 0 Å². The number of primary amides is 1. The van der Waals surface area contributed by atoms with Crippen molar-refractivity contribution in [2.45, 2.75) is 59.9 Å². The molecule has 2 atom stereocenters. The number of nitrogens with two attached hydrogens (primary N) is 1. The minimum atomic E-state index is -0.548. The van der Waals surface area contributed by atoms with Crippen LogP contribution >= 0.6 is 0 Å². The van der Waals surface area contributed by atoms with Gasteiger partial charge in [0.05, 0.1) is 25.4 Å². The number of carbonyl (C=O) groups is 3. The number of aryl methyl sites for hydroxylation is 1. The second-order valence-electron chi connectivity index (χ2n) is 8.90. The van der Waals surface area contributed by atoms with E-state index >= 15 is 0 Å². The lowest BCUT2D eigenvalue weighted by Gasteiger charge is -2.20. The molecular weight excluding hydrogens is 566 g/mol. The van der Waals surface area contributed by atoms with Crippen LogP contribution in [-0.2, 0) is 27.2 Å². The van der Waals surface area contributed by atoms with E-state index < -0.39 is 18.5 Å². The third-order valence-corrected chi connectivity index (χ3v) is 6.10. The lowest BCUT2D eigenvalue weighted by molar-refractivity contribution is -0.133. The number of alkyl halides is 1. The zero-order chi connectivity index (χ0) is 33.3. The Morgan fingerprint density at radius 1 is 1.16 bits per heavy atom. The maximum Gasteiger partial charge on any atom is 0.227 e. The highest BCUT2D eigenvalue weighted by molar-refractivity contribution is 5.82. The van der Waals surface area contributed by atoms with Crippen LogP contribution in [0.3, 0.4) is 0 Å². The summed E-state index contributed by atoms with van der Waals surface area (Å²) in [6, 6.07) is 10.6. The topological polar surface area (TPSA) is 129 Å². The zero-order valence-corrected chi connectivity index (χ0v) is 26.3. The molecule has 2 amide bonds.